The molecule has 0 bridgehead atoms. The molecule has 1 aromatic heterocycles. The van der Waals surface area contributed by atoms with E-state index in [-0.39, 0.29) is 22.9 Å². The highest BCUT2D eigenvalue weighted by atomic mass is 35.5. The summed E-state index contributed by atoms with van der Waals surface area (Å²) >= 11 is 6.14. The van der Waals surface area contributed by atoms with Crippen LogP contribution in [0.2, 0.25) is 5.02 Å². The lowest BCUT2D eigenvalue weighted by Gasteiger charge is -2.35. The largest absolute Gasteiger partial charge is 0.353 e. The Hall–Kier alpha value is -2.27. The predicted octanol–water partition coefficient (Wildman–Crippen LogP) is 1.53. The molecule has 3 rings (SSSR count). The van der Waals surface area contributed by atoms with Crippen molar-refractivity contribution in [3.05, 3.63) is 41.8 Å². The van der Waals surface area contributed by atoms with Crippen molar-refractivity contribution < 1.29 is 13.2 Å². The molecule has 1 aliphatic heterocycles. The first-order chi connectivity index (χ1) is 14.3. The van der Waals surface area contributed by atoms with Gasteiger partial charge in [0.2, 0.25) is 15.9 Å². The topological polar surface area (TPSA) is 98.7 Å². The maximum Gasteiger partial charge on any atom is 0.242 e. The Balaban J connectivity index is 1.52. The van der Waals surface area contributed by atoms with Crippen molar-refractivity contribution in [2.75, 3.05) is 57.0 Å². The number of carbonyl (C=O) groups excluding carboxylic acids is 1. The van der Waals surface area contributed by atoms with Crippen LogP contribution in [0.15, 0.2) is 41.7 Å². The highest BCUT2D eigenvalue weighted by molar-refractivity contribution is 7.89. The van der Waals surface area contributed by atoms with Crippen molar-refractivity contribution >= 4 is 39.0 Å². The van der Waals surface area contributed by atoms with Gasteiger partial charge in [0.25, 0.3) is 0 Å². The molecule has 1 amide bonds. The Kier molecular flexibility index (Phi) is 7.24. The number of anilines is 2. The quantitative estimate of drug-likeness (QED) is 0.680. The van der Waals surface area contributed by atoms with Gasteiger partial charge in [0.15, 0.2) is 0 Å². The van der Waals surface area contributed by atoms with Gasteiger partial charge in [0, 0.05) is 65.6 Å². The van der Waals surface area contributed by atoms with Crippen LogP contribution in [0.4, 0.5) is 11.5 Å². The number of halogens is 1. The van der Waals surface area contributed by atoms with Gasteiger partial charge in [0.05, 0.1) is 21.8 Å². The molecule has 2 aromatic rings. The van der Waals surface area contributed by atoms with Gasteiger partial charge in [-0.1, -0.05) is 11.6 Å². The highest BCUT2D eigenvalue weighted by Gasteiger charge is 2.21. The van der Waals surface area contributed by atoms with Crippen LogP contribution in [0.1, 0.15) is 6.42 Å². The minimum atomic E-state index is -3.61. The van der Waals surface area contributed by atoms with Crippen LogP contribution in [0.5, 0.6) is 0 Å². The maximum atomic E-state index is 12.4. The fourth-order valence-corrected chi connectivity index (χ4v) is 4.19. The standard InChI is InChI=1S/C19H25ClN6O3S/c1-24(2)30(28,29)15-3-4-16(20)17(13-15)23-19(27)5-8-25-9-11-26(12-10-25)18-14-21-6-7-22-18/h3-4,6-7,13-14H,5,8-12H2,1-2H3,(H,23,27). The number of hydrogen-bond donors (Lipinski definition) is 1. The first-order valence-electron chi connectivity index (χ1n) is 9.52. The Bertz CT molecular complexity index is 979. The molecule has 0 atom stereocenters. The fourth-order valence-electron chi connectivity index (χ4n) is 3.10. The van der Waals surface area contributed by atoms with Crippen LogP contribution < -0.4 is 10.2 Å². The van der Waals surface area contributed by atoms with Crippen LogP contribution >= 0.6 is 11.6 Å². The van der Waals surface area contributed by atoms with Crippen LogP contribution in [-0.2, 0) is 14.8 Å². The monoisotopic (exact) mass is 452 g/mol. The van der Waals surface area contributed by atoms with Crippen molar-refractivity contribution in [2.45, 2.75) is 11.3 Å². The van der Waals surface area contributed by atoms with Gasteiger partial charge in [-0.2, -0.15) is 0 Å². The van der Waals surface area contributed by atoms with Gasteiger partial charge in [-0.15, -0.1) is 0 Å². The number of aromatic nitrogens is 2. The van der Waals surface area contributed by atoms with E-state index in [0.717, 1.165) is 36.3 Å². The molecule has 1 saturated heterocycles. The van der Waals surface area contributed by atoms with E-state index in [0.29, 0.717) is 11.6 Å². The van der Waals surface area contributed by atoms with Gasteiger partial charge in [-0.3, -0.25) is 14.7 Å². The third kappa shape index (κ3) is 5.45. The number of piperazine rings is 1. The van der Waals surface area contributed by atoms with Crippen molar-refractivity contribution in [1.82, 2.24) is 19.2 Å². The molecule has 0 unspecified atom stereocenters. The van der Waals surface area contributed by atoms with Crippen molar-refractivity contribution in [1.29, 1.82) is 0 Å². The second kappa shape index (κ2) is 9.69. The summed E-state index contributed by atoms with van der Waals surface area (Å²) in [6.45, 7) is 3.88. The van der Waals surface area contributed by atoms with Gasteiger partial charge in [0.1, 0.15) is 5.82 Å². The lowest BCUT2D eigenvalue weighted by atomic mass is 10.2. The summed E-state index contributed by atoms with van der Waals surface area (Å²) in [4.78, 5) is 25.3. The van der Waals surface area contributed by atoms with E-state index in [9.17, 15) is 13.2 Å². The van der Waals surface area contributed by atoms with Crippen molar-refractivity contribution in [2.24, 2.45) is 0 Å². The van der Waals surface area contributed by atoms with Gasteiger partial charge in [-0.05, 0) is 18.2 Å². The summed E-state index contributed by atoms with van der Waals surface area (Å²) in [7, 11) is -0.707. The SMILES string of the molecule is CN(C)S(=O)(=O)c1ccc(Cl)c(NC(=O)CCN2CCN(c3cnccn3)CC2)c1. The molecule has 1 N–H and O–H groups in total. The number of amides is 1. The molecule has 9 nitrogen and oxygen atoms in total. The van der Waals surface area contributed by atoms with E-state index in [1.165, 1.54) is 32.3 Å². The normalized spacial score (nSPS) is 15.4. The third-order valence-corrected chi connectivity index (χ3v) is 7.03. The molecular formula is C19H25ClN6O3S. The van der Waals surface area contributed by atoms with Crippen molar-refractivity contribution in [3.63, 3.8) is 0 Å². The van der Waals surface area contributed by atoms with Gasteiger partial charge < -0.3 is 10.2 Å². The number of benzene rings is 1. The van der Waals surface area contributed by atoms with Crippen LogP contribution in [0.3, 0.4) is 0 Å². The number of carbonyl (C=O) groups is 1. The lowest BCUT2D eigenvalue weighted by molar-refractivity contribution is -0.116. The Labute approximate surface area is 181 Å². The molecule has 1 fully saturated rings. The van der Waals surface area contributed by atoms with E-state index in [1.807, 2.05) is 0 Å². The zero-order valence-corrected chi connectivity index (χ0v) is 18.5. The van der Waals surface area contributed by atoms with E-state index in [2.05, 4.69) is 25.1 Å². The smallest absolute Gasteiger partial charge is 0.242 e. The molecule has 162 valence electrons. The van der Waals surface area contributed by atoms with Crippen LogP contribution in [-0.4, -0.2) is 80.3 Å². The minimum Gasteiger partial charge on any atom is -0.353 e. The maximum absolute atomic E-state index is 12.4. The molecule has 0 saturated carbocycles. The van der Waals surface area contributed by atoms with E-state index in [1.54, 1.807) is 18.6 Å². The van der Waals surface area contributed by atoms with E-state index >= 15 is 0 Å². The summed E-state index contributed by atoms with van der Waals surface area (Å²) in [5.41, 5.74) is 0.289. The van der Waals surface area contributed by atoms with Crippen molar-refractivity contribution in [3.8, 4) is 0 Å². The second-order valence-corrected chi connectivity index (χ2v) is 9.68. The average Bonchev–Trinajstić information content (AvgIpc) is 2.74. The second-order valence-electron chi connectivity index (χ2n) is 7.12. The van der Waals surface area contributed by atoms with E-state index < -0.39 is 10.0 Å². The zero-order valence-electron chi connectivity index (χ0n) is 17.0. The fraction of sp³-hybridized carbons (Fsp3) is 0.421. The summed E-state index contributed by atoms with van der Waals surface area (Å²) in [5.74, 6) is 0.643. The predicted molar refractivity (Wildman–Crippen MR) is 116 cm³/mol. The van der Waals surface area contributed by atoms with Gasteiger partial charge >= 0.3 is 0 Å². The number of nitrogens with zero attached hydrogens (tertiary/aromatic N) is 5. The molecule has 30 heavy (non-hydrogen) atoms. The highest BCUT2D eigenvalue weighted by Crippen LogP contribution is 2.26. The molecular weight excluding hydrogens is 428 g/mol. The molecule has 11 heteroatoms. The van der Waals surface area contributed by atoms with Crippen LogP contribution in [0, 0.1) is 0 Å². The third-order valence-electron chi connectivity index (χ3n) is 4.89. The first kappa shape index (κ1) is 22.4. The summed E-state index contributed by atoms with van der Waals surface area (Å²) < 4.78 is 25.7. The van der Waals surface area contributed by atoms with E-state index in [4.69, 9.17) is 11.6 Å². The Morgan fingerprint density at radius 1 is 1.20 bits per heavy atom. The lowest BCUT2D eigenvalue weighted by Crippen LogP contribution is -2.47. The molecule has 2 heterocycles. The van der Waals surface area contributed by atoms with Gasteiger partial charge in [-0.25, -0.2) is 17.7 Å². The number of rotatable bonds is 7. The molecule has 0 aliphatic carbocycles. The molecule has 0 radical (unpaired) electrons. The number of sulfonamides is 1. The Morgan fingerprint density at radius 3 is 2.57 bits per heavy atom. The number of nitrogens with one attached hydrogen (secondary N) is 1. The van der Waals surface area contributed by atoms with Crippen LogP contribution in [0.25, 0.3) is 0 Å². The average molecular weight is 453 g/mol. The Morgan fingerprint density at radius 2 is 1.93 bits per heavy atom. The first-order valence-corrected chi connectivity index (χ1v) is 11.3. The summed E-state index contributed by atoms with van der Waals surface area (Å²) in [6, 6.07) is 4.28. The number of hydrogen-bond acceptors (Lipinski definition) is 7. The zero-order chi connectivity index (χ0) is 21.7. The summed E-state index contributed by atoms with van der Waals surface area (Å²) in [6.07, 6.45) is 5.36. The minimum absolute atomic E-state index is 0.0762. The molecule has 1 aliphatic rings. The molecule has 1 aromatic carbocycles. The summed E-state index contributed by atoms with van der Waals surface area (Å²) in [5, 5.41) is 3.02. The molecule has 0 spiro atoms.